The van der Waals surface area contributed by atoms with Gasteiger partial charge in [-0.05, 0) is 19.9 Å². The summed E-state index contributed by atoms with van der Waals surface area (Å²) in [5.41, 5.74) is -0.627. The van der Waals surface area contributed by atoms with Gasteiger partial charge in [0.05, 0.1) is 0 Å². The Morgan fingerprint density at radius 2 is 1.74 bits per heavy atom. The molecule has 0 aliphatic heterocycles. The number of halogens is 5. The SMILES string of the molecule is CC(=O)OC(C)(C)c1ccccc1[I+]C(F)(F)F.[Cl-]. The molecule has 0 fully saturated rings. The number of alkyl halides is 4. The molecule has 2 nitrogen and oxygen atoms in total. The van der Waals surface area contributed by atoms with Crippen LogP contribution < -0.4 is 33.6 Å². The van der Waals surface area contributed by atoms with E-state index in [1.165, 1.54) is 13.0 Å². The van der Waals surface area contributed by atoms with Gasteiger partial charge in [0.1, 0.15) is 5.60 Å². The van der Waals surface area contributed by atoms with Crippen molar-refractivity contribution in [3.8, 4) is 0 Å². The highest BCUT2D eigenvalue weighted by atomic mass is 127. The molecule has 0 saturated heterocycles. The minimum absolute atomic E-state index is 0. The van der Waals surface area contributed by atoms with E-state index < -0.39 is 37.0 Å². The van der Waals surface area contributed by atoms with Gasteiger partial charge in [-0.25, -0.2) is 0 Å². The number of carbonyl (C=O) groups is 1. The van der Waals surface area contributed by atoms with E-state index in [0.717, 1.165) is 0 Å². The maximum atomic E-state index is 12.5. The zero-order chi connectivity index (χ0) is 14.0. The molecule has 0 aromatic heterocycles. The van der Waals surface area contributed by atoms with Crippen LogP contribution in [0.3, 0.4) is 0 Å². The summed E-state index contributed by atoms with van der Waals surface area (Å²) in [7, 11) is 0. The molecule has 0 saturated carbocycles. The van der Waals surface area contributed by atoms with E-state index in [1.807, 2.05) is 0 Å². The number of benzene rings is 1. The quantitative estimate of drug-likeness (QED) is 0.308. The maximum Gasteiger partial charge on any atom is 0.609 e. The van der Waals surface area contributed by atoms with Crippen LogP contribution >= 0.6 is 0 Å². The highest BCUT2D eigenvalue weighted by Crippen LogP contribution is 2.24. The fourth-order valence-corrected chi connectivity index (χ4v) is 3.73. The van der Waals surface area contributed by atoms with Gasteiger partial charge < -0.3 is 17.1 Å². The first kappa shape index (κ1) is 18.5. The summed E-state index contributed by atoms with van der Waals surface area (Å²) in [6, 6.07) is 6.23. The molecule has 108 valence electrons. The third-order valence-corrected chi connectivity index (χ3v) is 4.26. The predicted molar refractivity (Wildman–Crippen MR) is 56.0 cm³/mol. The molecule has 1 aromatic rings. The molecule has 0 amide bonds. The van der Waals surface area contributed by atoms with E-state index >= 15 is 0 Å². The standard InChI is InChI=1S/C12H13F3IO2.ClH/c1-8(17)18-11(2,3)9-6-4-5-7-10(9)16-12(13,14)15;/h4-7H,1-3H3;1H/q+1;/p-1. The molecule has 0 radical (unpaired) electrons. The Balaban J connectivity index is 0.00000324. The summed E-state index contributed by atoms with van der Waals surface area (Å²) >= 11 is -2.12. The number of rotatable bonds is 3. The third-order valence-electron chi connectivity index (χ3n) is 2.13. The van der Waals surface area contributed by atoms with E-state index in [1.54, 1.807) is 32.0 Å². The lowest BCUT2D eigenvalue weighted by Crippen LogP contribution is -3.67. The van der Waals surface area contributed by atoms with Gasteiger partial charge in [-0.3, -0.25) is 4.79 Å². The Kier molecular flexibility index (Phi) is 6.61. The van der Waals surface area contributed by atoms with Crippen molar-refractivity contribution in [1.29, 1.82) is 0 Å². The van der Waals surface area contributed by atoms with E-state index in [2.05, 4.69) is 0 Å². The Labute approximate surface area is 126 Å². The number of hydrogen-bond donors (Lipinski definition) is 0. The number of hydrogen-bond acceptors (Lipinski definition) is 2. The Morgan fingerprint density at radius 3 is 2.21 bits per heavy atom. The average Bonchev–Trinajstić information content (AvgIpc) is 2.13. The number of ether oxygens (including phenoxy) is 1. The minimum atomic E-state index is -4.18. The van der Waals surface area contributed by atoms with Crippen LogP contribution in [0, 0.1) is 3.57 Å². The van der Waals surface area contributed by atoms with Crippen molar-refractivity contribution in [1.82, 2.24) is 0 Å². The van der Waals surface area contributed by atoms with Crippen LogP contribution in [0.2, 0.25) is 0 Å². The van der Waals surface area contributed by atoms with E-state index in [0.29, 0.717) is 5.56 Å². The summed E-state index contributed by atoms with van der Waals surface area (Å²) in [5, 5.41) is 0. The van der Waals surface area contributed by atoms with Crippen molar-refractivity contribution in [3.05, 3.63) is 33.4 Å². The van der Waals surface area contributed by atoms with Crippen molar-refractivity contribution in [2.75, 3.05) is 0 Å². The van der Waals surface area contributed by atoms with Crippen LogP contribution in [-0.2, 0) is 15.1 Å². The second kappa shape index (κ2) is 6.78. The molecule has 19 heavy (non-hydrogen) atoms. The Morgan fingerprint density at radius 1 is 1.21 bits per heavy atom. The number of esters is 1. The molecule has 1 aromatic carbocycles. The van der Waals surface area contributed by atoms with Gasteiger partial charge in [0.25, 0.3) is 0 Å². The van der Waals surface area contributed by atoms with E-state index in [4.69, 9.17) is 4.74 Å². The fourth-order valence-electron chi connectivity index (χ4n) is 1.56. The van der Waals surface area contributed by atoms with Gasteiger partial charge in [-0.15, -0.1) is 13.2 Å². The molecular weight excluding hydrogens is 395 g/mol. The molecule has 0 aliphatic carbocycles. The summed E-state index contributed by atoms with van der Waals surface area (Å²) < 4.78 is 38.7. The van der Waals surface area contributed by atoms with Gasteiger partial charge in [0.2, 0.25) is 3.57 Å². The predicted octanol–water partition coefficient (Wildman–Crippen LogP) is -2.73. The molecule has 0 unspecified atom stereocenters. The lowest BCUT2D eigenvalue weighted by atomic mass is 9.98. The molecule has 1 rings (SSSR count). The zero-order valence-electron chi connectivity index (χ0n) is 10.5. The van der Waals surface area contributed by atoms with Crippen LogP contribution in [0.15, 0.2) is 24.3 Å². The van der Waals surface area contributed by atoms with E-state index in [-0.39, 0.29) is 16.0 Å². The molecule has 0 heterocycles. The topological polar surface area (TPSA) is 26.3 Å². The largest absolute Gasteiger partial charge is 1.00 e. The summed E-state index contributed by atoms with van der Waals surface area (Å²) in [6.07, 6.45) is 0. The first-order valence-electron chi connectivity index (χ1n) is 5.13. The molecule has 0 spiro atoms. The highest BCUT2D eigenvalue weighted by molar-refractivity contribution is 5.66. The molecule has 0 atom stereocenters. The van der Waals surface area contributed by atoms with Crippen LogP contribution in [0.1, 0.15) is 26.3 Å². The first-order chi connectivity index (χ1) is 8.12. The fraction of sp³-hybridized carbons (Fsp3) is 0.417. The van der Waals surface area contributed by atoms with Gasteiger partial charge >= 0.3 is 31.4 Å². The molecule has 7 heteroatoms. The van der Waals surface area contributed by atoms with Gasteiger partial charge in [-0.1, -0.05) is 18.2 Å². The first-order valence-corrected chi connectivity index (χ1v) is 7.29. The van der Waals surface area contributed by atoms with Crippen molar-refractivity contribution in [2.24, 2.45) is 0 Å². The Bertz CT molecular complexity index is 447. The Hall–Kier alpha value is -0.500. The van der Waals surface area contributed by atoms with Crippen molar-refractivity contribution in [2.45, 2.75) is 30.6 Å². The van der Waals surface area contributed by atoms with Crippen LogP contribution in [0.4, 0.5) is 13.2 Å². The monoisotopic (exact) mass is 408 g/mol. The average molecular weight is 409 g/mol. The second-order valence-electron chi connectivity index (χ2n) is 4.11. The van der Waals surface area contributed by atoms with Crippen LogP contribution in [0.5, 0.6) is 0 Å². The maximum absolute atomic E-state index is 12.5. The van der Waals surface area contributed by atoms with Crippen molar-refractivity contribution >= 4 is 5.97 Å². The molecule has 0 N–H and O–H groups in total. The van der Waals surface area contributed by atoms with Gasteiger partial charge in [0.15, 0.2) is 0 Å². The van der Waals surface area contributed by atoms with Gasteiger partial charge in [-0.2, -0.15) is 0 Å². The lowest BCUT2D eigenvalue weighted by Gasteiger charge is -2.24. The molecular formula is C12H13ClF3IO2. The lowest BCUT2D eigenvalue weighted by molar-refractivity contribution is -0.793. The summed E-state index contributed by atoms with van der Waals surface area (Å²) in [6.45, 7) is 4.42. The zero-order valence-corrected chi connectivity index (χ0v) is 13.4. The number of carbonyl (C=O) groups excluding carboxylic acids is 1. The van der Waals surface area contributed by atoms with E-state index in [9.17, 15) is 18.0 Å². The van der Waals surface area contributed by atoms with Gasteiger partial charge in [0, 0.05) is 12.5 Å². The highest BCUT2D eigenvalue weighted by Gasteiger charge is 2.50. The second-order valence-corrected chi connectivity index (χ2v) is 7.03. The van der Waals surface area contributed by atoms with Crippen LogP contribution in [-0.4, -0.2) is 10.2 Å². The molecule has 0 bridgehead atoms. The summed E-state index contributed by atoms with van der Waals surface area (Å²) in [5.74, 6) is -0.514. The third kappa shape index (κ3) is 5.99. The smallest absolute Gasteiger partial charge is 0.609 e. The van der Waals surface area contributed by atoms with Crippen LogP contribution in [0.25, 0.3) is 0 Å². The molecule has 0 aliphatic rings. The normalized spacial score (nSPS) is 11.7. The van der Waals surface area contributed by atoms with Crippen molar-refractivity contribution in [3.63, 3.8) is 0 Å². The van der Waals surface area contributed by atoms with Crippen molar-refractivity contribution < 1.29 is 56.3 Å². The summed E-state index contributed by atoms with van der Waals surface area (Å²) in [4.78, 5) is 11.0. The minimum Gasteiger partial charge on any atom is -1.00 e.